The third-order valence-electron chi connectivity index (χ3n) is 3.21. The third-order valence-corrected chi connectivity index (χ3v) is 4.42. The van der Waals surface area contributed by atoms with E-state index in [1.165, 1.54) is 17.4 Å². The smallest absolute Gasteiger partial charge is 0.241 e. The van der Waals surface area contributed by atoms with E-state index in [4.69, 9.17) is 11.6 Å². The Morgan fingerprint density at radius 2 is 2.10 bits per heavy atom. The van der Waals surface area contributed by atoms with Crippen LogP contribution in [0.1, 0.15) is 11.8 Å². The number of carbonyl (C=O) groups excluding carboxylic acids is 1. The van der Waals surface area contributed by atoms with Crippen molar-refractivity contribution >= 4 is 34.5 Å². The van der Waals surface area contributed by atoms with Crippen molar-refractivity contribution in [2.24, 2.45) is 0 Å². The molecule has 1 amide bonds. The van der Waals surface area contributed by atoms with E-state index in [1.54, 1.807) is 25.1 Å². The maximum atomic E-state index is 13.5. The quantitative estimate of drug-likeness (QED) is 0.900. The molecule has 0 aliphatic carbocycles. The first-order valence-corrected chi connectivity index (χ1v) is 7.66. The molecule has 1 aromatic heterocycles. The van der Waals surface area contributed by atoms with E-state index < -0.39 is 5.82 Å². The lowest BCUT2D eigenvalue weighted by Crippen LogP contribution is -2.39. The molecule has 1 N–H and O–H groups in total. The molecular weight excluding hydrogens is 311 g/mol. The summed E-state index contributed by atoms with van der Waals surface area (Å²) >= 11 is 7.37. The zero-order valence-corrected chi connectivity index (χ0v) is 13.3. The van der Waals surface area contributed by atoms with E-state index in [-0.39, 0.29) is 17.6 Å². The topological polar surface area (TPSA) is 32.3 Å². The van der Waals surface area contributed by atoms with E-state index in [0.717, 1.165) is 9.21 Å². The number of hydrogen-bond acceptors (Lipinski definition) is 3. The van der Waals surface area contributed by atoms with Crippen LogP contribution in [0, 0.1) is 5.82 Å². The van der Waals surface area contributed by atoms with E-state index in [2.05, 4.69) is 5.32 Å². The second kappa shape index (κ2) is 7.02. The molecule has 0 aliphatic heterocycles. The average molecular weight is 327 g/mol. The van der Waals surface area contributed by atoms with E-state index in [1.807, 2.05) is 24.1 Å². The number of halogens is 2. The van der Waals surface area contributed by atoms with Crippen molar-refractivity contribution in [1.82, 2.24) is 4.90 Å². The van der Waals surface area contributed by atoms with Gasteiger partial charge < -0.3 is 5.32 Å². The molecule has 2 rings (SSSR count). The summed E-state index contributed by atoms with van der Waals surface area (Å²) in [5.74, 6) is -0.684. The SMILES string of the molecule is CC(C(=O)Nc1ccccc1F)N(C)Cc1ccc(Cl)s1. The summed E-state index contributed by atoms with van der Waals surface area (Å²) in [5, 5.41) is 2.60. The number of rotatable bonds is 5. The molecular formula is C15H16ClFN2OS. The van der Waals surface area contributed by atoms with Crippen LogP contribution in [0.15, 0.2) is 36.4 Å². The molecule has 0 spiro atoms. The highest BCUT2D eigenvalue weighted by Crippen LogP contribution is 2.23. The van der Waals surface area contributed by atoms with Gasteiger partial charge in [-0.3, -0.25) is 9.69 Å². The molecule has 3 nitrogen and oxygen atoms in total. The first kappa shape index (κ1) is 15.9. The van der Waals surface area contributed by atoms with Gasteiger partial charge in [0.15, 0.2) is 0 Å². The van der Waals surface area contributed by atoms with E-state index in [9.17, 15) is 9.18 Å². The van der Waals surface area contributed by atoms with Crippen LogP contribution < -0.4 is 5.32 Å². The first-order chi connectivity index (χ1) is 9.97. The van der Waals surface area contributed by atoms with Gasteiger partial charge in [-0.25, -0.2) is 4.39 Å². The van der Waals surface area contributed by atoms with Gasteiger partial charge in [0.25, 0.3) is 0 Å². The molecule has 0 saturated carbocycles. The van der Waals surface area contributed by atoms with Crippen molar-refractivity contribution < 1.29 is 9.18 Å². The number of amides is 1. The summed E-state index contributed by atoms with van der Waals surface area (Å²) in [7, 11) is 1.85. The van der Waals surface area contributed by atoms with E-state index >= 15 is 0 Å². The number of benzene rings is 1. The van der Waals surface area contributed by atoms with Crippen LogP contribution in [0.3, 0.4) is 0 Å². The van der Waals surface area contributed by atoms with Gasteiger partial charge in [-0.15, -0.1) is 11.3 Å². The Morgan fingerprint density at radius 3 is 2.71 bits per heavy atom. The minimum atomic E-state index is -0.439. The molecule has 0 saturated heterocycles. The van der Waals surface area contributed by atoms with Gasteiger partial charge in [0.1, 0.15) is 5.82 Å². The van der Waals surface area contributed by atoms with Gasteiger partial charge >= 0.3 is 0 Å². The fourth-order valence-corrected chi connectivity index (χ4v) is 2.97. The maximum absolute atomic E-state index is 13.5. The van der Waals surface area contributed by atoms with E-state index in [0.29, 0.717) is 6.54 Å². The van der Waals surface area contributed by atoms with Crippen molar-refractivity contribution in [1.29, 1.82) is 0 Å². The number of hydrogen-bond donors (Lipinski definition) is 1. The van der Waals surface area contributed by atoms with Gasteiger partial charge in [0.2, 0.25) is 5.91 Å². The summed E-state index contributed by atoms with van der Waals surface area (Å²) < 4.78 is 14.2. The lowest BCUT2D eigenvalue weighted by atomic mass is 10.2. The molecule has 0 fully saturated rings. The molecule has 1 aromatic carbocycles. The summed E-state index contributed by atoms with van der Waals surface area (Å²) in [5.41, 5.74) is 0.196. The highest BCUT2D eigenvalue weighted by Gasteiger charge is 2.19. The Bertz CT molecular complexity index is 632. The summed E-state index contributed by atoms with van der Waals surface area (Å²) in [4.78, 5) is 15.1. The molecule has 112 valence electrons. The highest BCUT2D eigenvalue weighted by molar-refractivity contribution is 7.16. The Balaban J connectivity index is 1.97. The molecule has 0 bridgehead atoms. The third kappa shape index (κ3) is 4.27. The minimum absolute atomic E-state index is 0.196. The van der Waals surface area contributed by atoms with Gasteiger partial charge in [-0.1, -0.05) is 23.7 Å². The van der Waals surface area contributed by atoms with Crippen LogP contribution in [0.2, 0.25) is 4.34 Å². The lowest BCUT2D eigenvalue weighted by Gasteiger charge is -2.23. The number of nitrogens with one attached hydrogen (secondary N) is 1. The second-order valence-corrected chi connectivity index (χ2v) is 6.57. The maximum Gasteiger partial charge on any atom is 0.241 e. The van der Waals surface area contributed by atoms with Crippen LogP contribution in [0.25, 0.3) is 0 Å². The molecule has 21 heavy (non-hydrogen) atoms. The molecule has 1 heterocycles. The second-order valence-electron chi connectivity index (χ2n) is 4.77. The van der Waals surface area contributed by atoms with Gasteiger partial charge in [-0.2, -0.15) is 0 Å². The van der Waals surface area contributed by atoms with Crippen LogP contribution in [-0.2, 0) is 11.3 Å². The number of likely N-dealkylation sites (N-methyl/N-ethyl adjacent to an activating group) is 1. The van der Waals surface area contributed by atoms with Gasteiger partial charge in [0, 0.05) is 11.4 Å². The molecule has 2 aromatic rings. The van der Waals surface area contributed by atoms with Gasteiger partial charge in [-0.05, 0) is 38.2 Å². The molecule has 6 heteroatoms. The van der Waals surface area contributed by atoms with Crippen LogP contribution >= 0.6 is 22.9 Å². The number of para-hydroxylation sites is 1. The van der Waals surface area contributed by atoms with Crippen LogP contribution in [0.5, 0.6) is 0 Å². The number of thiophene rings is 1. The van der Waals surface area contributed by atoms with Crippen molar-refractivity contribution in [3.63, 3.8) is 0 Å². The zero-order chi connectivity index (χ0) is 15.4. The largest absolute Gasteiger partial charge is 0.322 e. The minimum Gasteiger partial charge on any atom is -0.322 e. The molecule has 1 atom stereocenters. The Kier molecular flexibility index (Phi) is 5.33. The highest BCUT2D eigenvalue weighted by atomic mass is 35.5. The predicted molar refractivity (Wildman–Crippen MR) is 85.3 cm³/mol. The Hall–Kier alpha value is -1.43. The Labute approximate surface area is 132 Å². The average Bonchev–Trinajstić information content (AvgIpc) is 2.85. The fourth-order valence-electron chi connectivity index (χ4n) is 1.82. The monoisotopic (exact) mass is 326 g/mol. The summed E-state index contributed by atoms with van der Waals surface area (Å²) in [6.45, 7) is 2.40. The number of carbonyl (C=O) groups is 1. The van der Waals surface area contributed by atoms with Crippen molar-refractivity contribution in [3.05, 3.63) is 51.4 Å². The normalized spacial score (nSPS) is 12.4. The standard InChI is InChI=1S/C15H16ClFN2OS/c1-10(19(2)9-11-7-8-14(16)21-11)15(20)18-13-6-4-3-5-12(13)17/h3-8,10H,9H2,1-2H3,(H,18,20). The van der Waals surface area contributed by atoms with Crippen molar-refractivity contribution in [3.8, 4) is 0 Å². The molecule has 0 aliphatic rings. The van der Waals surface area contributed by atoms with Crippen molar-refractivity contribution in [2.75, 3.05) is 12.4 Å². The predicted octanol–water partition coefficient (Wildman–Crippen LogP) is 4.00. The Morgan fingerprint density at radius 1 is 1.38 bits per heavy atom. The zero-order valence-electron chi connectivity index (χ0n) is 11.8. The lowest BCUT2D eigenvalue weighted by molar-refractivity contribution is -0.120. The van der Waals surface area contributed by atoms with Gasteiger partial charge in [0.05, 0.1) is 16.1 Å². The van der Waals surface area contributed by atoms with Crippen LogP contribution in [0.4, 0.5) is 10.1 Å². The first-order valence-electron chi connectivity index (χ1n) is 6.47. The summed E-state index contributed by atoms with van der Waals surface area (Å²) in [6, 6.07) is 9.51. The molecule has 0 radical (unpaired) electrons. The molecule has 1 unspecified atom stereocenters. The van der Waals surface area contributed by atoms with Crippen LogP contribution in [-0.4, -0.2) is 23.9 Å². The number of anilines is 1. The summed E-state index contributed by atoms with van der Waals surface area (Å²) in [6.07, 6.45) is 0. The van der Waals surface area contributed by atoms with Crippen molar-refractivity contribution in [2.45, 2.75) is 19.5 Å². The number of nitrogens with zero attached hydrogens (tertiary/aromatic N) is 1. The fraction of sp³-hybridized carbons (Fsp3) is 0.267.